The molecule has 0 aliphatic carbocycles. The van der Waals surface area contributed by atoms with Crippen LogP contribution in [-0.2, 0) is 27.8 Å². The number of carbonyl (C=O) groups excluding carboxylic acids is 1. The molecule has 0 saturated heterocycles. The smallest absolute Gasteiger partial charge is 0.267 e. The summed E-state index contributed by atoms with van der Waals surface area (Å²) in [6.45, 7) is 0.386. The van der Waals surface area contributed by atoms with Gasteiger partial charge in [-0.15, -0.1) is 0 Å². The lowest BCUT2D eigenvalue weighted by Gasteiger charge is -2.23. The standard InChI is InChI=1S/C28H29N3O6S/c1-36-26-13-12-23(17-27(26)37-2)38(34,35)31(16-15-22-18-29-25-6-4-3-5-24(22)25)19-21-9-7-20(8-10-21)11-14-28(32)30-33/h3-14,17-18,29,33H,15-16,19H2,1-2H3,(H,30,32)/b14-11+. The molecule has 4 rings (SSSR count). The van der Waals surface area contributed by atoms with Gasteiger partial charge in [-0.3, -0.25) is 10.0 Å². The zero-order valence-corrected chi connectivity index (χ0v) is 21.9. The molecule has 0 fully saturated rings. The Kier molecular flexibility index (Phi) is 8.47. The average Bonchev–Trinajstić information content (AvgIpc) is 3.37. The van der Waals surface area contributed by atoms with E-state index >= 15 is 0 Å². The molecule has 3 aromatic carbocycles. The van der Waals surface area contributed by atoms with Crippen LogP contribution in [0.1, 0.15) is 16.7 Å². The fourth-order valence-electron chi connectivity index (χ4n) is 4.14. The Bertz CT molecular complexity index is 1540. The predicted molar refractivity (Wildman–Crippen MR) is 145 cm³/mol. The van der Waals surface area contributed by atoms with Crippen LogP contribution in [0.3, 0.4) is 0 Å². The SMILES string of the molecule is COc1ccc(S(=O)(=O)N(CCc2c[nH]c3ccccc23)Cc2ccc(/C=C/C(=O)NO)cc2)cc1OC. The Morgan fingerprint density at radius 3 is 2.47 bits per heavy atom. The Morgan fingerprint density at radius 2 is 1.76 bits per heavy atom. The molecule has 3 N–H and O–H groups in total. The molecule has 0 radical (unpaired) electrons. The Morgan fingerprint density at radius 1 is 1.03 bits per heavy atom. The molecule has 0 bridgehead atoms. The topological polar surface area (TPSA) is 121 Å². The molecule has 0 saturated carbocycles. The molecular formula is C28H29N3O6S. The summed E-state index contributed by atoms with van der Waals surface area (Å²) >= 11 is 0. The number of methoxy groups -OCH3 is 2. The van der Waals surface area contributed by atoms with Gasteiger partial charge in [0, 0.05) is 42.3 Å². The fraction of sp³-hybridized carbons (Fsp3) is 0.179. The van der Waals surface area contributed by atoms with Gasteiger partial charge in [0.25, 0.3) is 5.91 Å². The quantitative estimate of drug-likeness (QED) is 0.151. The van der Waals surface area contributed by atoms with Crippen molar-refractivity contribution < 1.29 is 27.9 Å². The van der Waals surface area contributed by atoms with Crippen LogP contribution < -0.4 is 15.0 Å². The van der Waals surface area contributed by atoms with Crippen molar-refractivity contribution in [3.63, 3.8) is 0 Å². The molecule has 0 aliphatic rings. The number of rotatable bonds is 11. The van der Waals surface area contributed by atoms with Gasteiger partial charge in [0.15, 0.2) is 11.5 Å². The number of H-pyrrole nitrogens is 1. The zero-order chi connectivity index (χ0) is 27.1. The van der Waals surface area contributed by atoms with Crippen LogP contribution in [0, 0.1) is 0 Å². The third-order valence-corrected chi connectivity index (χ3v) is 8.02. The van der Waals surface area contributed by atoms with Crippen molar-refractivity contribution >= 4 is 32.9 Å². The lowest BCUT2D eigenvalue weighted by atomic mass is 10.1. The first-order valence-corrected chi connectivity index (χ1v) is 13.3. The molecular weight excluding hydrogens is 506 g/mol. The van der Waals surface area contributed by atoms with E-state index in [1.54, 1.807) is 36.4 Å². The van der Waals surface area contributed by atoms with Crippen LogP contribution in [0.4, 0.5) is 0 Å². The molecule has 0 spiro atoms. The third-order valence-electron chi connectivity index (χ3n) is 6.17. The average molecular weight is 536 g/mol. The maximum atomic E-state index is 13.8. The van der Waals surface area contributed by atoms with Crippen molar-refractivity contribution in [2.24, 2.45) is 0 Å². The van der Waals surface area contributed by atoms with Crippen LogP contribution >= 0.6 is 0 Å². The lowest BCUT2D eigenvalue weighted by molar-refractivity contribution is -0.124. The Balaban J connectivity index is 1.63. The fourth-order valence-corrected chi connectivity index (χ4v) is 5.59. The highest BCUT2D eigenvalue weighted by molar-refractivity contribution is 7.89. The second-order valence-corrected chi connectivity index (χ2v) is 10.5. The monoisotopic (exact) mass is 535 g/mol. The number of nitrogens with zero attached hydrogens (tertiary/aromatic N) is 1. The normalized spacial score (nSPS) is 11.8. The summed E-state index contributed by atoms with van der Waals surface area (Å²) in [7, 11) is -0.949. The molecule has 198 valence electrons. The van der Waals surface area contributed by atoms with Crippen LogP contribution in [-0.4, -0.2) is 49.6 Å². The summed E-state index contributed by atoms with van der Waals surface area (Å²) in [4.78, 5) is 14.6. The lowest BCUT2D eigenvalue weighted by Crippen LogP contribution is -2.32. The molecule has 0 aliphatic heterocycles. The minimum absolute atomic E-state index is 0.101. The molecule has 10 heteroatoms. The minimum atomic E-state index is -3.91. The highest BCUT2D eigenvalue weighted by atomic mass is 32.2. The van der Waals surface area contributed by atoms with Crippen LogP contribution in [0.25, 0.3) is 17.0 Å². The Labute approximate surface area is 221 Å². The summed E-state index contributed by atoms with van der Waals surface area (Å²) in [5.41, 5.74) is 5.06. The van der Waals surface area contributed by atoms with E-state index in [0.717, 1.165) is 27.6 Å². The maximum absolute atomic E-state index is 13.8. The van der Waals surface area contributed by atoms with E-state index < -0.39 is 15.9 Å². The molecule has 1 aromatic heterocycles. The summed E-state index contributed by atoms with van der Waals surface area (Å²) in [6.07, 6.45) is 5.16. The number of amides is 1. The van der Waals surface area contributed by atoms with Crippen LogP contribution in [0.5, 0.6) is 11.5 Å². The second kappa shape index (κ2) is 12.0. The van der Waals surface area contributed by atoms with Gasteiger partial charge < -0.3 is 14.5 Å². The third kappa shape index (κ3) is 6.05. The van der Waals surface area contributed by atoms with E-state index in [9.17, 15) is 13.2 Å². The molecule has 0 atom stereocenters. The van der Waals surface area contributed by atoms with Crippen molar-refractivity contribution in [1.29, 1.82) is 0 Å². The highest BCUT2D eigenvalue weighted by Gasteiger charge is 2.26. The van der Waals surface area contributed by atoms with E-state index in [-0.39, 0.29) is 18.0 Å². The molecule has 4 aromatic rings. The molecule has 38 heavy (non-hydrogen) atoms. The van der Waals surface area contributed by atoms with E-state index in [0.29, 0.717) is 17.9 Å². The number of hydroxylamine groups is 1. The highest BCUT2D eigenvalue weighted by Crippen LogP contribution is 2.31. The van der Waals surface area contributed by atoms with Gasteiger partial charge in [-0.25, -0.2) is 13.9 Å². The van der Waals surface area contributed by atoms with E-state index in [1.807, 2.05) is 30.5 Å². The van der Waals surface area contributed by atoms with Gasteiger partial charge >= 0.3 is 0 Å². The van der Waals surface area contributed by atoms with Gasteiger partial charge in [0.1, 0.15) is 0 Å². The van der Waals surface area contributed by atoms with Crippen molar-refractivity contribution in [1.82, 2.24) is 14.8 Å². The molecule has 9 nitrogen and oxygen atoms in total. The number of para-hydroxylation sites is 1. The van der Waals surface area contributed by atoms with E-state index in [2.05, 4.69) is 4.98 Å². The zero-order valence-electron chi connectivity index (χ0n) is 21.0. The Hall–Kier alpha value is -4.12. The van der Waals surface area contributed by atoms with E-state index in [1.165, 1.54) is 42.2 Å². The first kappa shape index (κ1) is 26.9. The number of ether oxygens (including phenoxy) is 2. The van der Waals surface area contributed by atoms with Crippen molar-refractivity contribution in [2.45, 2.75) is 17.9 Å². The number of hydrogen-bond donors (Lipinski definition) is 3. The second-order valence-electron chi connectivity index (χ2n) is 8.52. The van der Waals surface area contributed by atoms with Crippen molar-refractivity contribution in [3.05, 3.63) is 95.7 Å². The van der Waals surface area contributed by atoms with Gasteiger partial charge in [-0.2, -0.15) is 4.31 Å². The van der Waals surface area contributed by atoms with E-state index in [4.69, 9.17) is 14.7 Å². The number of sulfonamides is 1. The number of fused-ring (bicyclic) bond motifs is 1. The first-order chi connectivity index (χ1) is 18.3. The van der Waals surface area contributed by atoms with Crippen molar-refractivity contribution in [2.75, 3.05) is 20.8 Å². The van der Waals surface area contributed by atoms with Crippen molar-refractivity contribution in [3.8, 4) is 11.5 Å². The maximum Gasteiger partial charge on any atom is 0.267 e. The molecule has 1 heterocycles. The molecule has 0 unspecified atom stereocenters. The predicted octanol–water partition coefficient (Wildman–Crippen LogP) is 4.14. The first-order valence-electron chi connectivity index (χ1n) is 11.8. The number of aromatic nitrogens is 1. The summed E-state index contributed by atoms with van der Waals surface area (Å²) < 4.78 is 39.7. The van der Waals surface area contributed by atoms with Gasteiger partial charge in [-0.1, -0.05) is 42.5 Å². The molecule has 1 amide bonds. The van der Waals surface area contributed by atoms with Gasteiger partial charge in [0.05, 0.1) is 19.1 Å². The summed E-state index contributed by atoms with van der Waals surface area (Å²) in [5, 5.41) is 9.69. The number of hydrogen-bond acceptors (Lipinski definition) is 6. The van der Waals surface area contributed by atoms with Crippen LogP contribution in [0.2, 0.25) is 0 Å². The van der Waals surface area contributed by atoms with Gasteiger partial charge in [-0.05, 0) is 47.4 Å². The number of benzene rings is 3. The number of aromatic amines is 1. The number of carbonyl (C=O) groups is 1. The number of nitrogens with one attached hydrogen (secondary N) is 2. The van der Waals surface area contributed by atoms with Crippen LogP contribution in [0.15, 0.2) is 83.9 Å². The summed E-state index contributed by atoms with van der Waals surface area (Å²) in [5.74, 6) is 0.127. The summed E-state index contributed by atoms with van der Waals surface area (Å²) in [6, 6.07) is 19.6. The minimum Gasteiger partial charge on any atom is -0.493 e. The largest absolute Gasteiger partial charge is 0.493 e. The van der Waals surface area contributed by atoms with Gasteiger partial charge in [0.2, 0.25) is 10.0 Å².